The van der Waals surface area contributed by atoms with Crippen molar-refractivity contribution in [2.75, 3.05) is 39.3 Å². The maximum absolute atomic E-state index is 12.9. The van der Waals surface area contributed by atoms with Crippen LogP contribution < -0.4 is 10.5 Å². The lowest BCUT2D eigenvalue weighted by molar-refractivity contribution is 0.0807. The molecule has 0 unspecified atom stereocenters. The maximum Gasteiger partial charge on any atom is 0.145 e. The third-order valence-corrected chi connectivity index (χ3v) is 2.10. The Bertz CT molecular complexity index is 334. The number of rotatable bonds is 8. The number of anilines is 1. The molecule has 1 aromatic rings. The summed E-state index contributed by atoms with van der Waals surface area (Å²) < 4.78 is 28.3. The maximum atomic E-state index is 12.9. The van der Waals surface area contributed by atoms with Gasteiger partial charge in [0, 0.05) is 26.4 Å². The molecule has 0 heterocycles. The summed E-state index contributed by atoms with van der Waals surface area (Å²) in [7, 11) is 1.65. The van der Waals surface area contributed by atoms with Crippen LogP contribution in [0.1, 0.15) is 6.42 Å². The monoisotopic (exact) mass is 243 g/mol. The molecule has 0 aliphatic heterocycles. The Morgan fingerprint density at radius 3 is 2.76 bits per heavy atom. The number of hydrogen-bond acceptors (Lipinski definition) is 4. The molecule has 0 aliphatic carbocycles. The molecule has 0 saturated heterocycles. The summed E-state index contributed by atoms with van der Waals surface area (Å²) in [5.41, 5.74) is 6.04. The minimum absolute atomic E-state index is 0.348. The average Bonchev–Trinajstić information content (AvgIpc) is 2.32. The summed E-state index contributed by atoms with van der Waals surface area (Å²) in [5, 5.41) is 0. The van der Waals surface area contributed by atoms with Gasteiger partial charge in [-0.25, -0.2) is 4.39 Å². The molecule has 0 aromatic heterocycles. The number of nitrogens with two attached hydrogens (primary N) is 1. The van der Waals surface area contributed by atoms with Gasteiger partial charge in [0.15, 0.2) is 0 Å². The Morgan fingerprint density at radius 1 is 1.18 bits per heavy atom. The summed E-state index contributed by atoms with van der Waals surface area (Å²) in [5.74, 6) is -0.0132. The highest BCUT2D eigenvalue weighted by molar-refractivity contribution is 5.52. The molecular formula is C12H18FNO3. The van der Waals surface area contributed by atoms with Crippen LogP contribution in [0.25, 0.3) is 0 Å². The van der Waals surface area contributed by atoms with Crippen molar-refractivity contribution in [2.24, 2.45) is 0 Å². The summed E-state index contributed by atoms with van der Waals surface area (Å²) in [6.45, 7) is 2.09. The Labute approximate surface area is 100 Å². The number of methoxy groups -OCH3 is 1. The first-order valence-corrected chi connectivity index (χ1v) is 5.48. The van der Waals surface area contributed by atoms with Gasteiger partial charge in [0.25, 0.3) is 0 Å². The number of nitrogen functional groups attached to an aromatic ring is 1. The highest BCUT2D eigenvalue weighted by atomic mass is 19.1. The van der Waals surface area contributed by atoms with Crippen LogP contribution in [0.2, 0.25) is 0 Å². The van der Waals surface area contributed by atoms with Crippen molar-refractivity contribution in [2.45, 2.75) is 6.42 Å². The zero-order chi connectivity index (χ0) is 12.5. The van der Waals surface area contributed by atoms with E-state index in [9.17, 15) is 4.39 Å². The van der Waals surface area contributed by atoms with Gasteiger partial charge in [-0.2, -0.15) is 0 Å². The molecule has 17 heavy (non-hydrogen) atoms. The van der Waals surface area contributed by atoms with Gasteiger partial charge in [-0.3, -0.25) is 0 Å². The minimum Gasteiger partial charge on any atom is -0.489 e. The van der Waals surface area contributed by atoms with Gasteiger partial charge in [-0.1, -0.05) is 0 Å². The van der Waals surface area contributed by atoms with E-state index in [4.69, 9.17) is 19.9 Å². The molecule has 1 aromatic carbocycles. The van der Waals surface area contributed by atoms with Crippen LogP contribution in [0, 0.1) is 5.82 Å². The Balaban J connectivity index is 2.15. The molecule has 0 atom stereocenters. The van der Waals surface area contributed by atoms with E-state index in [2.05, 4.69) is 0 Å². The average molecular weight is 243 g/mol. The van der Waals surface area contributed by atoms with E-state index in [-0.39, 0.29) is 5.82 Å². The zero-order valence-corrected chi connectivity index (χ0v) is 9.95. The van der Waals surface area contributed by atoms with Gasteiger partial charge in [0.05, 0.1) is 12.3 Å². The molecule has 0 radical (unpaired) electrons. The molecule has 96 valence electrons. The second-order valence-corrected chi connectivity index (χ2v) is 3.49. The van der Waals surface area contributed by atoms with E-state index in [1.54, 1.807) is 7.11 Å². The zero-order valence-electron chi connectivity index (χ0n) is 9.95. The first-order chi connectivity index (χ1) is 8.24. The van der Waals surface area contributed by atoms with Crippen LogP contribution in [-0.4, -0.2) is 33.5 Å². The first kappa shape index (κ1) is 13.7. The highest BCUT2D eigenvalue weighted by Crippen LogP contribution is 2.21. The highest BCUT2D eigenvalue weighted by Gasteiger charge is 2.01. The van der Waals surface area contributed by atoms with E-state index in [1.807, 2.05) is 0 Å². The largest absolute Gasteiger partial charge is 0.489 e. The lowest BCUT2D eigenvalue weighted by atomic mass is 10.3. The molecule has 5 heteroatoms. The van der Waals surface area contributed by atoms with E-state index in [1.165, 1.54) is 18.2 Å². The number of benzene rings is 1. The van der Waals surface area contributed by atoms with Crippen molar-refractivity contribution >= 4 is 5.69 Å². The molecule has 1 rings (SSSR count). The Morgan fingerprint density at radius 2 is 2.00 bits per heavy atom. The third kappa shape index (κ3) is 5.51. The standard InChI is InChI=1S/C12H18FNO3/c1-15-5-2-6-16-7-8-17-12-9-10(13)3-4-11(12)14/h3-4,9H,2,5-8,14H2,1H3. The molecule has 2 N–H and O–H groups in total. The lowest BCUT2D eigenvalue weighted by Crippen LogP contribution is -2.09. The predicted molar refractivity (Wildman–Crippen MR) is 63.6 cm³/mol. The van der Waals surface area contributed by atoms with Gasteiger partial charge in [-0.15, -0.1) is 0 Å². The SMILES string of the molecule is COCCCOCCOc1cc(F)ccc1N. The number of ether oxygens (including phenoxy) is 3. The fraction of sp³-hybridized carbons (Fsp3) is 0.500. The molecule has 4 nitrogen and oxygen atoms in total. The van der Waals surface area contributed by atoms with E-state index in [0.717, 1.165) is 6.42 Å². The van der Waals surface area contributed by atoms with Gasteiger partial charge < -0.3 is 19.9 Å². The van der Waals surface area contributed by atoms with Crippen molar-refractivity contribution in [3.8, 4) is 5.75 Å². The molecule has 0 bridgehead atoms. The van der Waals surface area contributed by atoms with Crippen LogP contribution in [0.4, 0.5) is 10.1 Å². The molecule has 0 fully saturated rings. The van der Waals surface area contributed by atoms with Gasteiger partial charge in [0.2, 0.25) is 0 Å². The fourth-order valence-electron chi connectivity index (χ4n) is 1.25. The van der Waals surface area contributed by atoms with Crippen LogP contribution >= 0.6 is 0 Å². The summed E-state index contributed by atoms with van der Waals surface area (Å²) in [6, 6.07) is 4.04. The van der Waals surface area contributed by atoms with Gasteiger partial charge in [-0.05, 0) is 18.6 Å². The van der Waals surface area contributed by atoms with Crippen molar-refractivity contribution in [1.82, 2.24) is 0 Å². The fourth-order valence-corrected chi connectivity index (χ4v) is 1.25. The molecule has 0 spiro atoms. The molecule has 0 aliphatic rings. The number of halogens is 1. The van der Waals surface area contributed by atoms with Crippen molar-refractivity contribution in [3.05, 3.63) is 24.0 Å². The smallest absolute Gasteiger partial charge is 0.145 e. The number of hydrogen-bond donors (Lipinski definition) is 1. The van der Waals surface area contributed by atoms with Crippen LogP contribution in [0.3, 0.4) is 0 Å². The first-order valence-electron chi connectivity index (χ1n) is 5.48. The normalized spacial score (nSPS) is 10.5. The Hall–Kier alpha value is -1.33. The van der Waals surface area contributed by atoms with Gasteiger partial charge in [0.1, 0.15) is 18.2 Å². The summed E-state index contributed by atoms with van der Waals surface area (Å²) in [4.78, 5) is 0. The minimum atomic E-state index is -0.366. The third-order valence-electron chi connectivity index (χ3n) is 2.10. The molecule has 0 saturated carbocycles. The lowest BCUT2D eigenvalue weighted by Gasteiger charge is -2.09. The Kier molecular flexibility index (Phi) is 6.35. The molecular weight excluding hydrogens is 225 g/mol. The second-order valence-electron chi connectivity index (χ2n) is 3.49. The predicted octanol–water partition coefficient (Wildman–Crippen LogP) is 1.84. The summed E-state index contributed by atoms with van der Waals surface area (Å²) >= 11 is 0. The van der Waals surface area contributed by atoms with Gasteiger partial charge >= 0.3 is 0 Å². The van der Waals surface area contributed by atoms with E-state index in [0.29, 0.717) is 37.9 Å². The molecule has 0 amide bonds. The van der Waals surface area contributed by atoms with Crippen molar-refractivity contribution < 1.29 is 18.6 Å². The van der Waals surface area contributed by atoms with Crippen LogP contribution in [0.5, 0.6) is 5.75 Å². The summed E-state index contributed by atoms with van der Waals surface area (Å²) in [6.07, 6.45) is 0.846. The van der Waals surface area contributed by atoms with Crippen molar-refractivity contribution in [1.29, 1.82) is 0 Å². The quantitative estimate of drug-likeness (QED) is 0.559. The van der Waals surface area contributed by atoms with E-state index >= 15 is 0 Å². The van der Waals surface area contributed by atoms with Crippen molar-refractivity contribution in [3.63, 3.8) is 0 Å². The van der Waals surface area contributed by atoms with Crippen LogP contribution in [0.15, 0.2) is 18.2 Å². The second kappa shape index (κ2) is 7.86. The topological polar surface area (TPSA) is 53.7 Å². The van der Waals surface area contributed by atoms with E-state index < -0.39 is 0 Å². The van der Waals surface area contributed by atoms with Crippen LogP contribution in [-0.2, 0) is 9.47 Å².